The van der Waals surface area contributed by atoms with Crippen molar-refractivity contribution in [3.63, 3.8) is 0 Å². The van der Waals surface area contributed by atoms with Gasteiger partial charge in [-0.3, -0.25) is 4.79 Å². The number of aromatic nitrogens is 1. The van der Waals surface area contributed by atoms with Gasteiger partial charge in [-0.1, -0.05) is 13.8 Å². The number of nitrogens with zero attached hydrogens (tertiary/aromatic N) is 2. The van der Waals surface area contributed by atoms with Crippen LogP contribution in [0, 0.1) is 12.8 Å². The second-order valence-electron chi connectivity index (χ2n) is 4.21. The molecule has 0 radical (unpaired) electrons. The Morgan fingerprint density at radius 3 is 2.41 bits per heavy atom. The third-order valence-corrected chi connectivity index (χ3v) is 2.56. The predicted octanol–water partition coefficient (Wildman–Crippen LogP) is 1.16. The molecule has 1 heterocycles. The van der Waals surface area contributed by atoms with Crippen LogP contribution in [0.2, 0.25) is 0 Å². The molecule has 0 saturated heterocycles. The first-order valence-corrected chi connectivity index (χ1v) is 5.26. The molecule has 1 atom stereocenters. The summed E-state index contributed by atoms with van der Waals surface area (Å²) in [6, 6.07) is -0.882. The molecule has 1 amide bonds. The van der Waals surface area contributed by atoms with Gasteiger partial charge in [-0.05, 0) is 12.8 Å². The predicted molar refractivity (Wildman–Crippen MR) is 59.6 cm³/mol. The van der Waals surface area contributed by atoms with Crippen LogP contribution in [0.25, 0.3) is 0 Å². The van der Waals surface area contributed by atoms with Crippen LogP contribution in [-0.4, -0.2) is 40.0 Å². The van der Waals surface area contributed by atoms with E-state index in [-0.39, 0.29) is 11.7 Å². The molecule has 0 saturated carbocycles. The second kappa shape index (κ2) is 4.99. The number of rotatable bonds is 4. The van der Waals surface area contributed by atoms with E-state index in [1.165, 1.54) is 18.3 Å². The number of hydrogen-bond acceptors (Lipinski definition) is 4. The Morgan fingerprint density at radius 2 is 2.06 bits per heavy atom. The Balaban J connectivity index is 2.96. The third-order valence-electron chi connectivity index (χ3n) is 2.56. The maximum absolute atomic E-state index is 12.0. The van der Waals surface area contributed by atoms with Gasteiger partial charge in [0.15, 0.2) is 6.39 Å². The summed E-state index contributed by atoms with van der Waals surface area (Å²) >= 11 is 0. The monoisotopic (exact) mass is 240 g/mol. The quantitative estimate of drug-likeness (QED) is 0.853. The van der Waals surface area contributed by atoms with Gasteiger partial charge in [0.25, 0.3) is 5.91 Å². The third kappa shape index (κ3) is 2.64. The molecule has 6 nitrogen and oxygen atoms in total. The fourth-order valence-electron chi connectivity index (χ4n) is 1.69. The number of carboxylic acids is 1. The molecule has 17 heavy (non-hydrogen) atoms. The minimum Gasteiger partial charge on any atom is -0.480 e. The Morgan fingerprint density at radius 1 is 1.47 bits per heavy atom. The summed E-state index contributed by atoms with van der Waals surface area (Å²) in [5, 5.41) is 9.09. The van der Waals surface area contributed by atoms with E-state index in [1.54, 1.807) is 20.8 Å². The lowest BCUT2D eigenvalue weighted by Gasteiger charge is -2.26. The number of likely N-dealkylation sites (N-methyl/N-ethyl adjacent to an activating group) is 1. The van der Waals surface area contributed by atoms with Crippen LogP contribution in [-0.2, 0) is 4.79 Å². The van der Waals surface area contributed by atoms with Crippen LogP contribution < -0.4 is 0 Å². The van der Waals surface area contributed by atoms with Crippen LogP contribution in [0.3, 0.4) is 0 Å². The highest BCUT2D eigenvalue weighted by molar-refractivity contribution is 5.94. The van der Waals surface area contributed by atoms with Gasteiger partial charge in [-0.15, -0.1) is 0 Å². The molecule has 0 aromatic carbocycles. The van der Waals surface area contributed by atoms with E-state index in [0.717, 1.165) is 0 Å². The number of aliphatic carboxylic acids is 1. The molecule has 1 aromatic rings. The van der Waals surface area contributed by atoms with Crippen molar-refractivity contribution in [2.45, 2.75) is 26.8 Å². The molecule has 1 N–H and O–H groups in total. The Kier molecular flexibility index (Phi) is 3.88. The summed E-state index contributed by atoms with van der Waals surface area (Å²) in [7, 11) is 1.45. The van der Waals surface area contributed by atoms with Crippen molar-refractivity contribution in [2.75, 3.05) is 7.05 Å². The van der Waals surface area contributed by atoms with Crippen molar-refractivity contribution in [1.29, 1.82) is 0 Å². The smallest absolute Gasteiger partial charge is 0.326 e. The number of carbonyl (C=O) groups excluding carboxylic acids is 1. The molecule has 0 fully saturated rings. The number of hydrogen-bond donors (Lipinski definition) is 1. The van der Waals surface area contributed by atoms with Gasteiger partial charge in [0.05, 0.1) is 5.69 Å². The first kappa shape index (κ1) is 13.2. The van der Waals surface area contributed by atoms with Crippen LogP contribution in [0.4, 0.5) is 0 Å². The number of carbonyl (C=O) groups is 2. The summed E-state index contributed by atoms with van der Waals surface area (Å²) < 4.78 is 4.96. The van der Waals surface area contributed by atoms with Gasteiger partial charge in [-0.2, -0.15) is 0 Å². The molecule has 0 aliphatic heterocycles. The maximum Gasteiger partial charge on any atom is 0.326 e. The lowest BCUT2D eigenvalue weighted by Crippen LogP contribution is -2.45. The van der Waals surface area contributed by atoms with Crippen molar-refractivity contribution in [3.8, 4) is 0 Å². The first-order chi connectivity index (χ1) is 7.86. The normalized spacial score (nSPS) is 12.5. The van der Waals surface area contributed by atoms with Gasteiger partial charge in [0.1, 0.15) is 6.04 Å². The molecule has 1 unspecified atom stereocenters. The fourth-order valence-corrected chi connectivity index (χ4v) is 1.69. The van der Waals surface area contributed by atoms with Crippen molar-refractivity contribution >= 4 is 11.9 Å². The Bertz CT molecular complexity index is 425. The molecule has 6 heteroatoms. The highest BCUT2D eigenvalue weighted by Gasteiger charge is 2.32. The zero-order valence-electron chi connectivity index (χ0n) is 10.3. The molecule has 0 spiro atoms. The van der Waals surface area contributed by atoms with E-state index >= 15 is 0 Å². The van der Waals surface area contributed by atoms with Gasteiger partial charge in [0, 0.05) is 7.05 Å². The van der Waals surface area contributed by atoms with E-state index < -0.39 is 17.9 Å². The Hall–Kier alpha value is -1.85. The second-order valence-corrected chi connectivity index (χ2v) is 4.21. The van der Waals surface area contributed by atoms with E-state index in [2.05, 4.69) is 4.98 Å². The van der Waals surface area contributed by atoms with E-state index in [1.807, 2.05) is 0 Å². The molecule has 0 aliphatic carbocycles. The Labute approximate surface area is 99.2 Å². The van der Waals surface area contributed by atoms with E-state index in [0.29, 0.717) is 5.69 Å². The van der Waals surface area contributed by atoms with Crippen molar-refractivity contribution < 1.29 is 19.1 Å². The fraction of sp³-hybridized carbons (Fsp3) is 0.545. The summed E-state index contributed by atoms with van der Waals surface area (Å²) in [5.41, 5.74) is 0.453. The van der Waals surface area contributed by atoms with Crippen molar-refractivity contribution in [3.05, 3.63) is 17.8 Å². The molecule has 94 valence electrons. The van der Waals surface area contributed by atoms with Gasteiger partial charge >= 0.3 is 5.97 Å². The lowest BCUT2D eigenvalue weighted by atomic mass is 10.0. The number of carboxylic acid groups (broad SMARTS) is 1. The average molecular weight is 240 g/mol. The molecular formula is C11H16N2O4. The highest BCUT2D eigenvalue weighted by atomic mass is 16.4. The van der Waals surface area contributed by atoms with Crippen LogP contribution >= 0.6 is 0 Å². The van der Waals surface area contributed by atoms with Crippen molar-refractivity contribution in [2.24, 2.45) is 5.92 Å². The van der Waals surface area contributed by atoms with E-state index in [9.17, 15) is 9.59 Å². The topological polar surface area (TPSA) is 83.6 Å². The van der Waals surface area contributed by atoms with Gasteiger partial charge < -0.3 is 14.4 Å². The SMILES string of the molecule is Cc1ncoc1C(=O)N(C)C(C(=O)O)C(C)C. The highest BCUT2D eigenvalue weighted by Crippen LogP contribution is 2.15. The van der Waals surface area contributed by atoms with Crippen LogP contribution in [0.15, 0.2) is 10.8 Å². The molecule has 1 rings (SSSR count). The zero-order chi connectivity index (χ0) is 13.2. The standard InChI is InChI=1S/C11H16N2O4/c1-6(2)8(11(15)16)13(4)10(14)9-7(3)12-5-17-9/h5-6,8H,1-4H3,(H,15,16). The summed E-state index contributed by atoms with van der Waals surface area (Å²) in [4.78, 5) is 28.1. The molecular weight excluding hydrogens is 224 g/mol. The minimum absolute atomic E-state index is 0.0828. The van der Waals surface area contributed by atoms with Crippen LogP contribution in [0.5, 0.6) is 0 Å². The van der Waals surface area contributed by atoms with E-state index in [4.69, 9.17) is 9.52 Å². The molecule has 0 aliphatic rings. The molecule has 0 bridgehead atoms. The summed E-state index contributed by atoms with van der Waals surface area (Å²) in [5.74, 6) is -1.61. The first-order valence-electron chi connectivity index (χ1n) is 5.26. The zero-order valence-corrected chi connectivity index (χ0v) is 10.3. The maximum atomic E-state index is 12.0. The molecule has 1 aromatic heterocycles. The summed E-state index contributed by atoms with van der Waals surface area (Å²) in [6.07, 6.45) is 1.17. The van der Waals surface area contributed by atoms with Crippen molar-refractivity contribution in [1.82, 2.24) is 9.88 Å². The van der Waals surface area contributed by atoms with Crippen LogP contribution in [0.1, 0.15) is 30.1 Å². The summed E-state index contributed by atoms with van der Waals surface area (Å²) in [6.45, 7) is 5.13. The van der Waals surface area contributed by atoms with Gasteiger partial charge in [-0.25, -0.2) is 9.78 Å². The largest absolute Gasteiger partial charge is 0.480 e. The minimum atomic E-state index is -1.03. The number of amides is 1. The number of aryl methyl sites for hydroxylation is 1. The average Bonchev–Trinajstić information content (AvgIpc) is 2.62. The number of oxazole rings is 1. The lowest BCUT2D eigenvalue weighted by molar-refractivity contribution is -0.143. The van der Waals surface area contributed by atoms with Gasteiger partial charge in [0.2, 0.25) is 5.76 Å².